The van der Waals surface area contributed by atoms with Crippen LogP contribution in [0.4, 0.5) is 0 Å². The SMILES string of the molecule is CC(C)CN1CCO[C@@H](CNC(=O)Cc2csc(Cc3ccccc3)n2)C1. The maximum atomic E-state index is 12.3. The third-order valence-corrected chi connectivity index (χ3v) is 5.41. The topological polar surface area (TPSA) is 54.5 Å². The lowest BCUT2D eigenvalue weighted by atomic mass is 10.1. The molecule has 0 radical (unpaired) electrons. The van der Waals surface area contributed by atoms with Gasteiger partial charge in [0.05, 0.1) is 29.8 Å². The van der Waals surface area contributed by atoms with E-state index >= 15 is 0 Å². The number of morpholine rings is 1. The Hall–Kier alpha value is -1.76. The monoisotopic (exact) mass is 387 g/mol. The van der Waals surface area contributed by atoms with Gasteiger partial charge >= 0.3 is 0 Å². The van der Waals surface area contributed by atoms with Gasteiger partial charge in [-0.05, 0) is 11.5 Å². The first kappa shape index (κ1) is 20.0. The Kier molecular flexibility index (Phi) is 7.38. The summed E-state index contributed by atoms with van der Waals surface area (Å²) in [5.41, 5.74) is 2.08. The van der Waals surface area contributed by atoms with Gasteiger partial charge in [-0.1, -0.05) is 44.2 Å². The molecule has 1 aliphatic heterocycles. The number of carbonyl (C=O) groups excluding carboxylic acids is 1. The summed E-state index contributed by atoms with van der Waals surface area (Å²) in [5.74, 6) is 0.657. The minimum absolute atomic E-state index is 0.0103. The molecule has 1 aromatic carbocycles. The summed E-state index contributed by atoms with van der Waals surface area (Å²) < 4.78 is 5.79. The number of benzene rings is 1. The largest absolute Gasteiger partial charge is 0.374 e. The standard InChI is InChI=1S/C21H29N3O2S/c1-16(2)13-24-8-9-26-19(14-24)12-22-20(25)11-18-15-27-21(23-18)10-17-6-4-3-5-7-17/h3-7,15-16,19H,8-14H2,1-2H3,(H,22,25)/t19-/m0/s1. The van der Waals surface area contributed by atoms with Crippen molar-refractivity contribution in [3.63, 3.8) is 0 Å². The van der Waals surface area contributed by atoms with E-state index in [9.17, 15) is 4.79 Å². The zero-order valence-corrected chi connectivity index (χ0v) is 17.0. The fourth-order valence-electron chi connectivity index (χ4n) is 3.32. The highest BCUT2D eigenvalue weighted by molar-refractivity contribution is 7.09. The molecular formula is C21H29N3O2S. The van der Waals surface area contributed by atoms with Crippen LogP contribution in [-0.2, 0) is 22.4 Å². The maximum Gasteiger partial charge on any atom is 0.226 e. The van der Waals surface area contributed by atoms with Gasteiger partial charge in [0.25, 0.3) is 0 Å². The Morgan fingerprint density at radius 3 is 2.96 bits per heavy atom. The zero-order chi connectivity index (χ0) is 19.1. The third-order valence-electron chi connectivity index (χ3n) is 4.51. The predicted molar refractivity (Wildman–Crippen MR) is 109 cm³/mol. The van der Waals surface area contributed by atoms with E-state index in [0.29, 0.717) is 18.9 Å². The van der Waals surface area contributed by atoms with E-state index in [0.717, 1.165) is 43.4 Å². The Bertz CT molecular complexity index is 717. The Morgan fingerprint density at radius 1 is 1.37 bits per heavy atom. The summed E-state index contributed by atoms with van der Waals surface area (Å²) in [6.45, 7) is 8.70. The molecule has 1 atom stereocenters. The van der Waals surface area contributed by atoms with Crippen LogP contribution in [0.1, 0.15) is 30.1 Å². The highest BCUT2D eigenvalue weighted by Gasteiger charge is 2.21. The van der Waals surface area contributed by atoms with Gasteiger partial charge in [-0.25, -0.2) is 4.98 Å². The molecule has 1 amide bonds. The van der Waals surface area contributed by atoms with Crippen molar-refractivity contribution < 1.29 is 9.53 Å². The third kappa shape index (κ3) is 6.72. The van der Waals surface area contributed by atoms with Gasteiger partial charge in [0, 0.05) is 38.0 Å². The lowest BCUT2D eigenvalue weighted by Gasteiger charge is -2.33. The molecule has 0 aliphatic carbocycles. The van der Waals surface area contributed by atoms with Crippen LogP contribution < -0.4 is 5.32 Å². The van der Waals surface area contributed by atoms with E-state index in [1.165, 1.54) is 5.56 Å². The molecule has 0 bridgehead atoms. The molecule has 0 saturated carbocycles. The van der Waals surface area contributed by atoms with E-state index in [1.54, 1.807) is 11.3 Å². The van der Waals surface area contributed by atoms with E-state index < -0.39 is 0 Å². The zero-order valence-electron chi connectivity index (χ0n) is 16.2. The van der Waals surface area contributed by atoms with Crippen LogP contribution in [0.15, 0.2) is 35.7 Å². The van der Waals surface area contributed by atoms with E-state index in [4.69, 9.17) is 4.74 Å². The quantitative estimate of drug-likeness (QED) is 0.757. The molecule has 2 heterocycles. The molecule has 2 aromatic rings. The molecule has 1 fully saturated rings. The van der Waals surface area contributed by atoms with Gasteiger partial charge in [0.2, 0.25) is 5.91 Å². The fourth-order valence-corrected chi connectivity index (χ4v) is 4.15. The fraction of sp³-hybridized carbons (Fsp3) is 0.524. The van der Waals surface area contributed by atoms with Gasteiger partial charge in [-0.15, -0.1) is 11.3 Å². The smallest absolute Gasteiger partial charge is 0.226 e. The number of ether oxygens (including phenoxy) is 1. The Morgan fingerprint density at radius 2 is 2.19 bits per heavy atom. The summed E-state index contributed by atoms with van der Waals surface area (Å²) in [6, 6.07) is 10.3. The lowest BCUT2D eigenvalue weighted by molar-refractivity contribution is -0.121. The summed E-state index contributed by atoms with van der Waals surface area (Å²) in [5, 5.41) is 6.04. The summed E-state index contributed by atoms with van der Waals surface area (Å²) in [4.78, 5) is 19.3. The number of thiazole rings is 1. The number of nitrogens with zero attached hydrogens (tertiary/aromatic N) is 2. The highest BCUT2D eigenvalue weighted by atomic mass is 32.1. The average molecular weight is 388 g/mol. The number of hydrogen-bond donors (Lipinski definition) is 1. The van der Waals surface area contributed by atoms with E-state index in [-0.39, 0.29) is 12.0 Å². The molecule has 27 heavy (non-hydrogen) atoms. The minimum Gasteiger partial charge on any atom is -0.374 e. The van der Waals surface area contributed by atoms with Crippen molar-refractivity contribution in [2.45, 2.75) is 32.8 Å². The van der Waals surface area contributed by atoms with Crippen molar-refractivity contribution in [3.05, 3.63) is 52.0 Å². The predicted octanol–water partition coefficient (Wildman–Crippen LogP) is 2.75. The summed E-state index contributed by atoms with van der Waals surface area (Å²) >= 11 is 1.62. The molecule has 6 heteroatoms. The van der Waals surface area contributed by atoms with Crippen molar-refractivity contribution in [1.82, 2.24) is 15.2 Å². The Labute approximate surface area is 165 Å². The molecule has 146 valence electrons. The average Bonchev–Trinajstić information content (AvgIpc) is 3.07. The van der Waals surface area contributed by atoms with Crippen molar-refractivity contribution in [2.24, 2.45) is 5.92 Å². The van der Waals surface area contributed by atoms with Crippen LogP contribution in [0.3, 0.4) is 0 Å². The van der Waals surface area contributed by atoms with E-state index in [2.05, 4.69) is 41.2 Å². The summed E-state index contributed by atoms with van der Waals surface area (Å²) in [7, 11) is 0. The van der Waals surface area contributed by atoms with Crippen LogP contribution in [0.25, 0.3) is 0 Å². The van der Waals surface area contributed by atoms with Gasteiger partial charge in [0.15, 0.2) is 0 Å². The number of hydrogen-bond acceptors (Lipinski definition) is 5. The summed E-state index contributed by atoms with van der Waals surface area (Å²) in [6.07, 6.45) is 1.22. The minimum atomic E-state index is 0.0103. The van der Waals surface area contributed by atoms with Crippen molar-refractivity contribution >= 4 is 17.2 Å². The molecular weight excluding hydrogens is 358 g/mol. The second-order valence-corrected chi connectivity index (χ2v) is 8.46. The first-order valence-electron chi connectivity index (χ1n) is 9.66. The first-order chi connectivity index (χ1) is 13.1. The van der Waals surface area contributed by atoms with Gasteiger partial charge in [-0.3, -0.25) is 9.69 Å². The van der Waals surface area contributed by atoms with Crippen molar-refractivity contribution in [3.8, 4) is 0 Å². The molecule has 0 unspecified atom stereocenters. The van der Waals surface area contributed by atoms with Crippen LogP contribution in [0.5, 0.6) is 0 Å². The first-order valence-corrected chi connectivity index (χ1v) is 10.5. The molecule has 5 nitrogen and oxygen atoms in total. The van der Waals surface area contributed by atoms with Crippen LogP contribution in [-0.4, -0.2) is 54.7 Å². The lowest BCUT2D eigenvalue weighted by Crippen LogP contribution is -2.48. The number of nitrogens with one attached hydrogen (secondary N) is 1. The molecule has 1 N–H and O–H groups in total. The van der Waals surface area contributed by atoms with Gasteiger partial charge in [0.1, 0.15) is 0 Å². The van der Waals surface area contributed by atoms with Gasteiger partial charge in [-0.2, -0.15) is 0 Å². The van der Waals surface area contributed by atoms with Crippen LogP contribution in [0.2, 0.25) is 0 Å². The number of aromatic nitrogens is 1. The van der Waals surface area contributed by atoms with Crippen LogP contribution >= 0.6 is 11.3 Å². The Balaban J connectivity index is 1.42. The molecule has 1 aromatic heterocycles. The highest BCUT2D eigenvalue weighted by Crippen LogP contribution is 2.15. The maximum absolute atomic E-state index is 12.3. The molecule has 0 spiro atoms. The number of rotatable bonds is 8. The number of carbonyl (C=O) groups is 1. The number of amides is 1. The second kappa shape index (κ2) is 9.97. The molecule has 1 aliphatic rings. The van der Waals surface area contributed by atoms with Crippen molar-refractivity contribution in [1.29, 1.82) is 0 Å². The van der Waals surface area contributed by atoms with Crippen LogP contribution in [0, 0.1) is 5.92 Å². The van der Waals surface area contributed by atoms with E-state index in [1.807, 2.05) is 23.6 Å². The van der Waals surface area contributed by atoms with Crippen molar-refractivity contribution in [2.75, 3.05) is 32.8 Å². The molecule has 3 rings (SSSR count). The normalized spacial score (nSPS) is 18.0. The van der Waals surface area contributed by atoms with Gasteiger partial charge < -0.3 is 10.1 Å². The molecule has 1 saturated heterocycles. The second-order valence-electron chi connectivity index (χ2n) is 7.52.